The van der Waals surface area contributed by atoms with Gasteiger partial charge in [0.15, 0.2) is 0 Å². The molecule has 0 unspecified atom stereocenters. The molecule has 6 heteroatoms. The first kappa shape index (κ1) is 23.4. The second-order valence-corrected chi connectivity index (χ2v) is 9.51. The molecule has 0 radical (unpaired) electrons. The van der Waals surface area contributed by atoms with E-state index < -0.39 is 17.2 Å². The summed E-state index contributed by atoms with van der Waals surface area (Å²) in [5.41, 5.74) is 3.74. The lowest BCUT2D eigenvalue weighted by Crippen LogP contribution is -2.21. The van der Waals surface area contributed by atoms with Gasteiger partial charge < -0.3 is 19.0 Å². The van der Waals surface area contributed by atoms with Gasteiger partial charge >= 0.3 is 11.3 Å². The standard InChI is InChI=1S/C30H26O6/c1-14-6-8-19(9-7-14)24(25-27(31)20-10-15(2)17(4)12-22(20)35-29(25)33)26-28(32)21-11-16(3)18(5)13-23(21)36-30(26)34/h6-13,24,31-32H,1-5H3. The summed E-state index contributed by atoms with van der Waals surface area (Å²) in [4.78, 5) is 26.7. The van der Waals surface area contributed by atoms with Crippen LogP contribution in [0.4, 0.5) is 0 Å². The Morgan fingerprint density at radius 1 is 0.611 bits per heavy atom. The summed E-state index contributed by atoms with van der Waals surface area (Å²) < 4.78 is 11.3. The summed E-state index contributed by atoms with van der Waals surface area (Å²) in [6.45, 7) is 9.47. The van der Waals surface area contributed by atoms with Gasteiger partial charge in [-0.2, -0.15) is 0 Å². The van der Waals surface area contributed by atoms with Crippen molar-refractivity contribution in [3.8, 4) is 11.5 Å². The lowest BCUT2D eigenvalue weighted by Gasteiger charge is -2.20. The van der Waals surface area contributed by atoms with Crippen LogP contribution in [0.15, 0.2) is 67.0 Å². The molecule has 6 nitrogen and oxygen atoms in total. The van der Waals surface area contributed by atoms with Crippen LogP contribution >= 0.6 is 0 Å². The minimum Gasteiger partial charge on any atom is -0.507 e. The van der Waals surface area contributed by atoms with E-state index in [4.69, 9.17) is 8.83 Å². The van der Waals surface area contributed by atoms with Gasteiger partial charge in [0.05, 0.1) is 27.8 Å². The Kier molecular flexibility index (Phi) is 5.47. The highest BCUT2D eigenvalue weighted by Gasteiger charge is 2.32. The van der Waals surface area contributed by atoms with E-state index in [1.165, 1.54) is 0 Å². The summed E-state index contributed by atoms with van der Waals surface area (Å²) in [6.07, 6.45) is 0. The maximum atomic E-state index is 13.3. The Labute approximate surface area is 207 Å². The molecule has 0 aliphatic carbocycles. The summed E-state index contributed by atoms with van der Waals surface area (Å²) >= 11 is 0. The first-order chi connectivity index (χ1) is 17.1. The van der Waals surface area contributed by atoms with Crippen molar-refractivity contribution >= 4 is 21.9 Å². The highest BCUT2D eigenvalue weighted by atomic mass is 16.4. The van der Waals surface area contributed by atoms with Crippen molar-refractivity contribution in [2.24, 2.45) is 0 Å². The van der Waals surface area contributed by atoms with Crippen molar-refractivity contribution in [1.82, 2.24) is 0 Å². The molecule has 5 rings (SSSR count). The summed E-state index contributed by atoms with van der Waals surface area (Å²) in [7, 11) is 0. The van der Waals surface area contributed by atoms with Crippen molar-refractivity contribution in [3.63, 3.8) is 0 Å². The van der Waals surface area contributed by atoms with Crippen LogP contribution < -0.4 is 11.3 Å². The molecule has 3 aromatic carbocycles. The third-order valence-electron chi connectivity index (χ3n) is 7.05. The van der Waals surface area contributed by atoms with Gasteiger partial charge in [0.1, 0.15) is 22.7 Å². The molecule has 0 saturated carbocycles. The second kappa shape index (κ2) is 8.41. The predicted molar refractivity (Wildman–Crippen MR) is 139 cm³/mol. The Morgan fingerprint density at radius 2 is 1.00 bits per heavy atom. The summed E-state index contributed by atoms with van der Waals surface area (Å²) in [5, 5.41) is 23.5. The number of aromatic hydroxyl groups is 2. The zero-order valence-corrected chi connectivity index (χ0v) is 20.7. The molecular formula is C30H26O6. The zero-order chi connectivity index (χ0) is 25.9. The van der Waals surface area contributed by atoms with Gasteiger partial charge in [-0.3, -0.25) is 0 Å². The van der Waals surface area contributed by atoms with E-state index in [0.29, 0.717) is 16.3 Å². The first-order valence-electron chi connectivity index (χ1n) is 11.7. The molecule has 182 valence electrons. The van der Waals surface area contributed by atoms with Crippen molar-refractivity contribution in [2.45, 2.75) is 40.5 Å². The molecule has 0 saturated heterocycles. The van der Waals surface area contributed by atoms with Crippen molar-refractivity contribution < 1.29 is 19.0 Å². The van der Waals surface area contributed by atoms with E-state index in [9.17, 15) is 19.8 Å². The van der Waals surface area contributed by atoms with E-state index in [1.807, 2.05) is 46.8 Å². The number of aryl methyl sites for hydroxylation is 5. The number of hydrogen-bond donors (Lipinski definition) is 2. The summed E-state index contributed by atoms with van der Waals surface area (Å²) in [5.74, 6) is -1.72. The Bertz CT molecular complexity index is 1680. The van der Waals surface area contributed by atoms with Crippen molar-refractivity contribution in [1.29, 1.82) is 0 Å². The van der Waals surface area contributed by atoms with Crippen LogP contribution in [0.25, 0.3) is 21.9 Å². The van der Waals surface area contributed by atoms with E-state index >= 15 is 0 Å². The van der Waals surface area contributed by atoms with Crippen LogP contribution in [0, 0.1) is 34.6 Å². The molecule has 36 heavy (non-hydrogen) atoms. The number of fused-ring (bicyclic) bond motifs is 2. The zero-order valence-electron chi connectivity index (χ0n) is 20.7. The average molecular weight is 483 g/mol. The van der Waals surface area contributed by atoms with Crippen LogP contribution in [0.1, 0.15) is 50.4 Å². The molecular weight excluding hydrogens is 456 g/mol. The third kappa shape index (κ3) is 3.66. The Morgan fingerprint density at radius 3 is 1.42 bits per heavy atom. The number of benzene rings is 3. The number of rotatable bonds is 3. The predicted octanol–water partition coefficient (Wildman–Crippen LogP) is 6.03. The van der Waals surface area contributed by atoms with Gasteiger partial charge in [-0.15, -0.1) is 0 Å². The Balaban J connectivity index is 1.91. The second-order valence-electron chi connectivity index (χ2n) is 9.51. The van der Waals surface area contributed by atoms with E-state index in [-0.39, 0.29) is 33.8 Å². The molecule has 0 atom stereocenters. The smallest absolute Gasteiger partial charge is 0.344 e. The average Bonchev–Trinajstić information content (AvgIpc) is 2.82. The van der Waals surface area contributed by atoms with E-state index in [2.05, 4.69) is 0 Å². The van der Waals surface area contributed by atoms with Gasteiger partial charge in [0, 0.05) is 0 Å². The fourth-order valence-corrected chi connectivity index (χ4v) is 4.66. The minimum absolute atomic E-state index is 0.139. The van der Waals surface area contributed by atoms with Gasteiger partial charge in [0.25, 0.3) is 0 Å². The van der Waals surface area contributed by atoms with Crippen molar-refractivity contribution in [2.75, 3.05) is 0 Å². The normalized spacial score (nSPS) is 11.6. The molecule has 0 amide bonds. The summed E-state index contributed by atoms with van der Waals surface area (Å²) in [6, 6.07) is 14.1. The largest absolute Gasteiger partial charge is 0.507 e. The molecule has 0 spiro atoms. The van der Waals surface area contributed by atoms with Crippen LogP contribution in [-0.4, -0.2) is 10.2 Å². The monoisotopic (exact) mass is 482 g/mol. The van der Waals surface area contributed by atoms with Gasteiger partial charge in [-0.05, 0) is 86.7 Å². The SMILES string of the molecule is Cc1ccc(C(c2c(O)c3cc(C)c(C)cc3oc2=O)c2c(O)c3cc(C)c(C)cc3oc2=O)cc1. The molecule has 2 aromatic heterocycles. The van der Waals surface area contributed by atoms with E-state index in [1.54, 1.807) is 36.4 Å². The highest BCUT2D eigenvalue weighted by molar-refractivity contribution is 5.88. The molecule has 0 aliphatic rings. The lowest BCUT2D eigenvalue weighted by atomic mass is 9.84. The topological polar surface area (TPSA) is 101 Å². The first-order valence-corrected chi connectivity index (χ1v) is 11.7. The fourth-order valence-electron chi connectivity index (χ4n) is 4.66. The van der Waals surface area contributed by atoms with Crippen LogP contribution in [0.5, 0.6) is 11.5 Å². The third-order valence-corrected chi connectivity index (χ3v) is 7.05. The van der Waals surface area contributed by atoms with Gasteiger partial charge in [-0.25, -0.2) is 9.59 Å². The molecule has 5 aromatic rings. The highest BCUT2D eigenvalue weighted by Crippen LogP contribution is 2.42. The fraction of sp³-hybridized carbons (Fsp3) is 0.200. The van der Waals surface area contributed by atoms with Crippen LogP contribution in [-0.2, 0) is 0 Å². The van der Waals surface area contributed by atoms with Gasteiger partial charge in [-0.1, -0.05) is 29.8 Å². The molecule has 0 fully saturated rings. The maximum absolute atomic E-state index is 13.3. The maximum Gasteiger partial charge on any atom is 0.344 e. The Hall–Kier alpha value is -4.32. The molecule has 0 aliphatic heterocycles. The minimum atomic E-state index is -1.13. The molecule has 2 N–H and O–H groups in total. The van der Waals surface area contributed by atoms with E-state index in [0.717, 1.165) is 27.8 Å². The van der Waals surface area contributed by atoms with Crippen LogP contribution in [0.3, 0.4) is 0 Å². The molecule has 2 heterocycles. The molecule has 0 bridgehead atoms. The number of hydrogen-bond acceptors (Lipinski definition) is 6. The lowest BCUT2D eigenvalue weighted by molar-refractivity contribution is 0.441. The quantitative estimate of drug-likeness (QED) is 0.304. The van der Waals surface area contributed by atoms with Crippen molar-refractivity contribution in [3.05, 3.63) is 114 Å². The van der Waals surface area contributed by atoms with Gasteiger partial charge in [0.2, 0.25) is 0 Å². The van der Waals surface area contributed by atoms with Crippen LogP contribution in [0.2, 0.25) is 0 Å².